The first-order valence-corrected chi connectivity index (χ1v) is 9.33. The third-order valence-corrected chi connectivity index (χ3v) is 4.40. The molecule has 0 aliphatic rings. The SMILES string of the molecule is O=C(COc1ccccc1-c1ccccc1)NNC(=O)c1cccc(I)c1. The van der Waals surface area contributed by atoms with Crippen molar-refractivity contribution < 1.29 is 14.3 Å². The summed E-state index contributed by atoms with van der Waals surface area (Å²) in [4.78, 5) is 24.1. The molecule has 0 bridgehead atoms. The van der Waals surface area contributed by atoms with E-state index in [1.807, 2.05) is 54.6 Å². The van der Waals surface area contributed by atoms with Crippen LogP contribution < -0.4 is 15.6 Å². The van der Waals surface area contributed by atoms with Crippen molar-refractivity contribution >= 4 is 34.4 Å². The lowest BCUT2D eigenvalue weighted by Gasteiger charge is -2.12. The smallest absolute Gasteiger partial charge is 0.276 e. The monoisotopic (exact) mass is 472 g/mol. The summed E-state index contributed by atoms with van der Waals surface area (Å²) in [5.41, 5.74) is 7.12. The molecule has 0 saturated heterocycles. The molecule has 0 spiro atoms. The van der Waals surface area contributed by atoms with E-state index in [0.29, 0.717) is 11.3 Å². The first kappa shape index (κ1) is 18.9. The number of rotatable bonds is 5. The van der Waals surface area contributed by atoms with Gasteiger partial charge >= 0.3 is 0 Å². The van der Waals surface area contributed by atoms with Gasteiger partial charge in [-0.15, -0.1) is 0 Å². The Morgan fingerprint density at radius 1 is 0.852 bits per heavy atom. The fourth-order valence-electron chi connectivity index (χ4n) is 2.46. The number of benzene rings is 3. The minimum absolute atomic E-state index is 0.212. The highest BCUT2D eigenvalue weighted by Gasteiger charge is 2.10. The van der Waals surface area contributed by atoms with Crippen LogP contribution >= 0.6 is 22.6 Å². The zero-order valence-electron chi connectivity index (χ0n) is 14.3. The number of carbonyl (C=O) groups excluding carboxylic acids is 2. The minimum Gasteiger partial charge on any atom is -0.483 e. The number of hydrogen-bond acceptors (Lipinski definition) is 3. The molecule has 3 rings (SSSR count). The number of halogens is 1. The van der Waals surface area contributed by atoms with Gasteiger partial charge in [0.2, 0.25) is 0 Å². The second-order valence-corrected chi connectivity index (χ2v) is 6.91. The summed E-state index contributed by atoms with van der Waals surface area (Å²) in [5.74, 6) is -0.230. The second kappa shape index (κ2) is 9.18. The third kappa shape index (κ3) is 5.30. The summed E-state index contributed by atoms with van der Waals surface area (Å²) in [7, 11) is 0. The van der Waals surface area contributed by atoms with Gasteiger partial charge in [-0.25, -0.2) is 0 Å². The van der Waals surface area contributed by atoms with E-state index in [2.05, 4.69) is 33.4 Å². The highest BCUT2D eigenvalue weighted by molar-refractivity contribution is 14.1. The van der Waals surface area contributed by atoms with Crippen LogP contribution in [0.4, 0.5) is 0 Å². The number of para-hydroxylation sites is 1. The number of amides is 2. The van der Waals surface area contributed by atoms with Crippen molar-refractivity contribution in [3.05, 3.63) is 88.0 Å². The van der Waals surface area contributed by atoms with E-state index in [9.17, 15) is 9.59 Å². The molecule has 0 heterocycles. The van der Waals surface area contributed by atoms with Gasteiger partial charge in [-0.05, 0) is 52.4 Å². The Labute approximate surface area is 170 Å². The molecule has 0 saturated carbocycles. The number of carbonyl (C=O) groups is 2. The molecule has 0 aliphatic carbocycles. The predicted molar refractivity (Wildman–Crippen MR) is 112 cm³/mol. The molecule has 3 aromatic rings. The molecule has 0 atom stereocenters. The van der Waals surface area contributed by atoms with Crippen LogP contribution in [0.1, 0.15) is 10.4 Å². The zero-order valence-corrected chi connectivity index (χ0v) is 16.5. The van der Waals surface area contributed by atoms with E-state index in [4.69, 9.17) is 4.74 Å². The van der Waals surface area contributed by atoms with Crippen LogP contribution in [0.2, 0.25) is 0 Å². The van der Waals surface area contributed by atoms with Crippen LogP contribution in [0.5, 0.6) is 5.75 Å². The highest BCUT2D eigenvalue weighted by atomic mass is 127. The van der Waals surface area contributed by atoms with E-state index >= 15 is 0 Å². The molecular weight excluding hydrogens is 455 g/mol. The Hall–Kier alpha value is -2.87. The maximum Gasteiger partial charge on any atom is 0.276 e. The number of nitrogens with one attached hydrogen (secondary N) is 2. The van der Waals surface area contributed by atoms with E-state index < -0.39 is 5.91 Å². The average Bonchev–Trinajstić information content (AvgIpc) is 2.71. The van der Waals surface area contributed by atoms with Crippen LogP contribution in [0, 0.1) is 3.57 Å². The summed E-state index contributed by atoms with van der Waals surface area (Å²) in [6.45, 7) is -0.212. The van der Waals surface area contributed by atoms with Crippen molar-refractivity contribution in [1.82, 2.24) is 10.9 Å². The lowest BCUT2D eigenvalue weighted by molar-refractivity contribution is -0.123. The van der Waals surface area contributed by atoms with Crippen molar-refractivity contribution in [3.63, 3.8) is 0 Å². The average molecular weight is 472 g/mol. The van der Waals surface area contributed by atoms with Crippen molar-refractivity contribution in [2.75, 3.05) is 6.61 Å². The van der Waals surface area contributed by atoms with Gasteiger partial charge < -0.3 is 4.74 Å². The van der Waals surface area contributed by atoms with Gasteiger partial charge in [0.1, 0.15) is 5.75 Å². The lowest BCUT2D eigenvalue weighted by Crippen LogP contribution is -2.43. The molecule has 0 aliphatic heterocycles. The Morgan fingerprint density at radius 3 is 2.37 bits per heavy atom. The van der Waals surface area contributed by atoms with E-state index in [-0.39, 0.29) is 12.5 Å². The molecular formula is C21H17IN2O3. The number of hydrogen-bond donors (Lipinski definition) is 2. The predicted octanol–water partition coefficient (Wildman–Crippen LogP) is 3.80. The fourth-order valence-corrected chi connectivity index (χ4v) is 3.00. The minimum atomic E-state index is -0.447. The van der Waals surface area contributed by atoms with Crippen LogP contribution in [0.3, 0.4) is 0 Å². The van der Waals surface area contributed by atoms with E-state index in [1.165, 1.54) is 0 Å². The fraction of sp³-hybridized carbons (Fsp3) is 0.0476. The van der Waals surface area contributed by atoms with Gasteiger partial charge in [-0.1, -0.05) is 54.6 Å². The molecule has 2 N–H and O–H groups in total. The van der Waals surface area contributed by atoms with Gasteiger partial charge in [0.25, 0.3) is 11.8 Å². The van der Waals surface area contributed by atoms with Gasteiger partial charge in [0.05, 0.1) is 0 Å². The Balaban J connectivity index is 1.56. The van der Waals surface area contributed by atoms with Gasteiger partial charge in [0.15, 0.2) is 6.61 Å². The van der Waals surface area contributed by atoms with Crippen LogP contribution in [-0.2, 0) is 4.79 Å². The zero-order chi connectivity index (χ0) is 19.1. The molecule has 3 aromatic carbocycles. The number of ether oxygens (including phenoxy) is 1. The van der Waals surface area contributed by atoms with Crippen LogP contribution in [-0.4, -0.2) is 18.4 Å². The molecule has 5 nitrogen and oxygen atoms in total. The summed E-state index contributed by atoms with van der Waals surface area (Å²) >= 11 is 2.12. The quantitative estimate of drug-likeness (QED) is 0.439. The molecule has 6 heteroatoms. The largest absolute Gasteiger partial charge is 0.483 e. The van der Waals surface area contributed by atoms with Crippen LogP contribution in [0.25, 0.3) is 11.1 Å². The van der Waals surface area contributed by atoms with E-state index in [1.54, 1.807) is 24.3 Å². The van der Waals surface area contributed by atoms with Crippen molar-refractivity contribution in [3.8, 4) is 16.9 Å². The topological polar surface area (TPSA) is 67.4 Å². The molecule has 0 aromatic heterocycles. The standard InChI is InChI=1S/C21H17IN2O3/c22-17-10-6-9-16(13-17)21(26)24-23-20(25)14-27-19-12-5-4-11-18(19)15-7-2-1-3-8-15/h1-13H,14H2,(H,23,25)(H,24,26). The Bertz CT molecular complexity index is 945. The first-order valence-electron chi connectivity index (χ1n) is 8.25. The summed E-state index contributed by atoms with van der Waals surface area (Å²) in [6.07, 6.45) is 0. The van der Waals surface area contributed by atoms with Gasteiger partial charge in [-0.2, -0.15) is 0 Å². The molecule has 136 valence electrons. The van der Waals surface area contributed by atoms with E-state index in [0.717, 1.165) is 14.7 Å². The molecule has 0 fully saturated rings. The Kier molecular flexibility index (Phi) is 6.43. The molecule has 2 amide bonds. The normalized spacial score (nSPS) is 10.1. The first-order chi connectivity index (χ1) is 13.1. The maximum atomic E-state index is 12.0. The van der Waals surface area contributed by atoms with Crippen molar-refractivity contribution in [2.45, 2.75) is 0 Å². The summed E-state index contributed by atoms with van der Waals surface area (Å²) in [5, 5.41) is 0. The van der Waals surface area contributed by atoms with Crippen molar-refractivity contribution in [1.29, 1.82) is 0 Å². The van der Waals surface area contributed by atoms with Gasteiger partial charge in [0, 0.05) is 14.7 Å². The summed E-state index contributed by atoms with van der Waals surface area (Å²) < 4.78 is 6.58. The third-order valence-electron chi connectivity index (χ3n) is 3.73. The van der Waals surface area contributed by atoms with Gasteiger partial charge in [-0.3, -0.25) is 20.4 Å². The Morgan fingerprint density at radius 2 is 1.59 bits per heavy atom. The van der Waals surface area contributed by atoms with Crippen LogP contribution in [0.15, 0.2) is 78.9 Å². The molecule has 0 unspecified atom stereocenters. The van der Waals surface area contributed by atoms with Crippen molar-refractivity contribution in [2.24, 2.45) is 0 Å². The molecule has 27 heavy (non-hydrogen) atoms. The highest BCUT2D eigenvalue weighted by Crippen LogP contribution is 2.29. The maximum absolute atomic E-state index is 12.0. The molecule has 0 radical (unpaired) electrons. The second-order valence-electron chi connectivity index (χ2n) is 5.66. The lowest BCUT2D eigenvalue weighted by atomic mass is 10.1. The number of hydrazine groups is 1. The summed E-state index contributed by atoms with van der Waals surface area (Å²) in [6, 6.07) is 24.3.